The fourth-order valence-electron chi connectivity index (χ4n) is 1.87. The standard InChI is InChI=1S/C16H15BrClNO2S/c1-19(9-14-8-12(17)10-22-14)16(20)6-3-11-7-13(18)4-5-15(11)21-2/h3-8,10H,9H2,1-2H3/b6-3+. The second kappa shape index (κ2) is 7.81. The van der Waals surface area contributed by atoms with E-state index in [4.69, 9.17) is 16.3 Å². The van der Waals surface area contributed by atoms with E-state index in [0.717, 1.165) is 14.9 Å². The van der Waals surface area contributed by atoms with Gasteiger partial charge in [0.2, 0.25) is 5.91 Å². The number of nitrogens with zero attached hydrogens (tertiary/aromatic N) is 1. The lowest BCUT2D eigenvalue weighted by Crippen LogP contribution is -2.23. The van der Waals surface area contributed by atoms with Gasteiger partial charge in [0.25, 0.3) is 0 Å². The predicted molar refractivity (Wildman–Crippen MR) is 95.5 cm³/mol. The summed E-state index contributed by atoms with van der Waals surface area (Å²) in [5, 5.41) is 2.60. The molecular weight excluding hydrogens is 386 g/mol. The molecular formula is C16H15BrClNO2S. The molecule has 116 valence electrons. The molecule has 0 N–H and O–H groups in total. The third kappa shape index (κ3) is 4.60. The van der Waals surface area contributed by atoms with Gasteiger partial charge in [-0.25, -0.2) is 0 Å². The summed E-state index contributed by atoms with van der Waals surface area (Å²) in [6, 6.07) is 7.30. The highest BCUT2D eigenvalue weighted by molar-refractivity contribution is 9.10. The number of carbonyl (C=O) groups is 1. The average molecular weight is 401 g/mol. The highest BCUT2D eigenvalue weighted by atomic mass is 79.9. The molecule has 1 heterocycles. The third-order valence-electron chi connectivity index (χ3n) is 2.99. The summed E-state index contributed by atoms with van der Waals surface area (Å²) in [5.74, 6) is 0.602. The normalized spacial score (nSPS) is 10.9. The Morgan fingerprint density at radius 3 is 2.86 bits per heavy atom. The first kappa shape index (κ1) is 17.1. The number of thiophene rings is 1. The summed E-state index contributed by atoms with van der Waals surface area (Å²) >= 11 is 11.0. The van der Waals surface area contributed by atoms with Gasteiger partial charge in [0.15, 0.2) is 0 Å². The number of hydrogen-bond donors (Lipinski definition) is 0. The highest BCUT2D eigenvalue weighted by Gasteiger charge is 2.08. The van der Waals surface area contributed by atoms with Gasteiger partial charge in [0.05, 0.1) is 13.7 Å². The van der Waals surface area contributed by atoms with Crippen LogP contribution in [0.1, 0.15) is 10.4 Å². The molecule has 2 rings (SSSR count). The van der Waals surface area contributed by atoms with Gasteiger partial charge in [-0.1, -0.05) is 11.6 Å². The molecule has 0 bridgehead atoms. The summed E-state index contributed by atoms with van der Waals surface area (Å²) < 4.78 is 6.29. The Morgan fingerprint density at radius 1 is 1.45 bits per heavy atom. The lowest BCUT2D eigenvalue weighted by Gasteiger charge is -2.13. The molecule has 0 unspecified atom stereocenters. The smallest absolute Gasteiger partial charge is 0.246 e. The van der Waals surface area contributed by atoms with E-state index in [2.05, 4.69) is 15.9 Å². The average Bonchev–Trinajstić information content (AvgIpc) is 2.90. The van der Waals surface area contributed by atoms with Crippen LogP contribution in [0.15, 0.2) is 40.2 Å². The second-order valence-electron chi connectivity index (χ2n) is 4.65. The summed E-state index contributed by atoms with van der Waals surface area (Å²) in [5.41, 5.74) is 0.774. The van der Waals surface area contributed by atoms with Gasteiger partial charge in [-0.05, 0) is 46.3 Å². The molecule has 3 nitrogen and oxygen atoms in total. The fraction of sp³-hybridized carbons (Fsp3) is 0.188. The molecule has 0 aliphatic heterocycles. The van der Waals surface area contributed by atoms with E-state index in [1.54, 1.807) is 54.7 Å². The minimum Gasteiger partial charge on any atom is -0.496 e. The molecule has 0 saturated carbocycles. The number of amides is 1. The summed E-state index contributed by atoms with van der Waals surface area (Å²) in [7, 11) is 3.36. The largest absolute Gasteiger partial charge is 0.496 e. The van der Waals surface area contributed by atoms with Crippen LogP contribution in [0, 0.1) is 0 Å². The van der Waals surface area contributed by atoms with Gasteiger partial charge in [0.1, 0.15) is 5.75 Å². The molecule has 1 aromatic carbocycles. The Morgan fingerprint density at radius 2 is 2.23 bits per heavy atom. The minimum atomic E-state index is -0.0773. The van der Waals surface area contributed by atoms with Crippen LogP contribution >= 0.6 is 38.9 Å². The topological polar surface area (TPSA) is 29.5 Å². The van der Waals surface area contributed by atoms with E-state index in [0.29, 0.717) is 17.3 Å². The Kier molecular flexibility index (Phi) is 6.06. The maximum atomic E-state index is 12.2. The van der Waals surface area contributed by atoms with Crippen LogP contribution < -0.4 is 4.74 Å². The zero-order chi connectivity index (χ0) is 16.1. The molecule has 2 aromatic rings. The van der Waals surface area contributed by atoms with E-state index in [1.165, 1.54) is 6.08 Å². The number of hydrogen-bond acceptors (Lipinski definition) is 3. The van der Waals surface area contributed by atoms with E-state index in [9.17, 15) is 4.79 Å². The van der Waals surface area contributed by atoms with Crippen molar-refractivity contribution < 1.29 is 9.53 Å². The quantitative estimate of drug-likeness (QED) is 0.672. The van der Waals surface area contributed by atoms with E-state index in [-0.39, 0.29) is 5.91 Å². The Labute approximate surface area is 147 Å². The van der Waals surface area contributed by atoms with Crippen molar-refractivity contribution in [3.63, 3.8) is 0 Å². The molecule has 6 heteroatoms. The van der Waals surface area contributed by atoms with E-state index >= 15 is 0 Å². The molecule has 0 radical (unpaired) electrons. The third-order valence-corrected chi connectivity index (χ3v) is 4.91. The van der Waals surface area contributed by atoms with Crippen LogP contribution in [-0.4, -0.2) is 25.0 Å². The van der Waals surface area contributed by atoms with Crippen molar-refractivity contribution in [2.24, 2.45) is 0 Å². The SMILES string of the molecule is COc1ccc(Cl)cc1/C=C/C(=O)N(C)Cc1cc(Br)cs1. The van der Waals surface area contributed by atoms with Gasteiger partial charge in [-0.2, -0.15) is 0 Å². The molecule has 0 saturated heterocycles. The molecule has 1 aromatic heterocycles. The summed E-state index contributed by atoms with van der Waals surface area (Å²) in [4.78, 5) is 15.0. The van der Waals surface area contributed by atoms with Crippen molar-refractivity contribution in [1.29, 1.82) is 0 Å². The van der Waals surface area contributed by atoms with Crippen LogP contribution in [0.3, 0.4) is 0 Å². The first-order valence-corrected chi connectivity index (χ1v) is 8.54. The van der Waals surface area contributed by atoms with Gasteiger partial charge in [-0.3, -0.25) is 4.79 Å². The van der Waals surface area contributed by atoms with Crippen molar-refractivity contribution in [1.82, 2.24) is 4.90 Å². The van der Waals surface area contributed by atoms with Crippen molar-refractivity contribution in [2.45, 2.75) is 6.54 Å². The second-order valence-corrected chi connectivity index (χ2v) is 6.99. The van der Waals surface area contributed by atoms with Gasteiger partial charge in [-0.15, -0.1) is 11.3 Å². The number of halogens is 2. The molecule has 0 spiro atoms. The summed E-state index contributed by atoms with van der Waals surface area (Å²) in [6.45, 7) is 0.576. The molecule has 22 heavy (non-hydrogen) atoms. The van der Waals surface area contributed by atoms with Crippen molar-refractivity contribution in [2.75, 3.05) is 14.2 Å². The summed E-state index contributed by atoms with van der Waals surface area (Å²) in [6.07, 6.45) is 3.24. The maximum absolute atomic E-state index is 12.2. The number of benzene rings is 1. The lowest BCUT2D eigenvalue weighted by atomic mass is 10.2. The maximum Gasteiger partial charge on any atom is 0.246 e. The molecule has 0 atom stereocenters. The first-order chi connectivity index (χ1) is 10.5. The Hall–Kier alpha value is -1.30. The van der Waals surface area contributed by atoms with Gasteiger partial charge < -0.3 is 9.64 Å². The number of ether oxygens (including phenoxy) is 1. The number of methoxy groups -OCH3 is 1. The zero-order valence-electron chi connectivity index (χ0n) is 12.2. The number of carbonyl (C=O) groups excluding carboxylic acids is 1. The zero-order valence-corrected chi connectivity index (χ0v) is 15.3. The van der Waals surface area contributed by atoms with Crippen molar-refractivity contribution in [3.05, 3.63) is 55.7 Å². The van der Waals surface area contributed by atoms with Crippen LogP contribution in [0.5, 0.6) is 5.75 Å². The minimum absolute atomic E-state index is 0.0773. The monoisotopic (exact) mass is 399 g/mol. The molecule has 0 aliphatic rings. The van der Waals surface area contributed by atoms with Gasteiger partial charge >= 0.3 is 0 Å². The van der Waals surface area contributed by atoms with Gasteiger partial charge in [0, 0.05) is 38.4 Å². The Bertz CT molecular complexity index is 699. The first-order valence-electron chi connectivity index (χ1n) is 6.49. The van der Waals surface area contributed by atoms with Crippen LogP contribution in [0.4, 0.5) is 0 Å². The predicted octanol–water partition coefficient (Wildman–Crippen LogP) is 4.84. The number of rotatable bonds is 5. The fourth-order valence-corrected chi connectivity index (χ4v) is 3.56. The highest BCUT2D eigenvalue weighted by Crippen LogP contribution is 2.24. The lowest BCUT2D eigenvalue weighted by molar-refractivity contribution is -0.125. The van der Waals surface area contributed by atoms with Crippen molar-refractivity contribution >= 4 is 50.9 Å². The number of likely N-dealkylation sites (N-methyl/N-ethyl adjacent to an activating group) is 1. The van der Waals surface area contributed by atoms with Crippen molar-refractivity contribution in [3.8, 4) is 5.75 Å². The van der Waals surface area contributed by atoms with E-state index < -0.39 is 0 Å². The van der Waals surface area contributed by atoms with Crippen LogP contribution in [-0.2, 0) is 11.3 Å². The van der Waals surface area contributed by atoms with Crippen LogP contribution in [0.2, 0.25) is 5.02 Å². The molecule has 0 fully saturated rings. The molecule has 0 aliphatic carbocycles. The molecule has 1 amide bonds. The van der Waals surface area contributed by atoms with Crippen LogP contribution in [0.25, 0.3) is 6.08 Å². The van der Waals surface area contributed by atoms with E-state index in [1.807, 2.05) is 11.4 Å². The Balaban J connectivity index is 2.06.